The summed E-state index contributed by atoms with van der Waals surface area (Å²) in [5.41, 5.74) is 4.10. The quantitative estimate of drug-likeness (QED) is 0.316. The van der Waals surface area contributed by atoms with Gasteiger partial charge in [0.05, 0.1) is 22.3 Å². The largest absolute Gasteiger partial charge is 0.490 e. The number of aliphatic carboxylic acids is 1. The second-order valence-corrected chi connectivity index (χ2v) is 9.86. The molecule has 0 saturated carbocycles. The summed E-state index contributed by atoms with van der Waals surface area (Å²) in [5, 5.41) is 16.0. The van der Waals surface area contributed by atoms with Crippen molar-refractivity contribution in [3.05, 3.63) is 84.6 Å². The van der Waals surface area contributed by atoms with Gasteiger partial charge in [0, 0.05) is 23.7 Å². The Morgan fingerprint density at radius 2 is 1.65 bits per heavy atom. The van der Waals surface area contributed by atoms with Crippen molar-refractivity contribution in [1.82, 2.24) is 14.5 Å². The first-order valence-corrected chi connectivity index (χ1v) is 12.5. The van der Waals surface area contributed by atoms with Gasteiger partial charge < -0.3 is 10.4 Å². The van der Waals surface area contributed by atoms with Crippen molar-refractivity contribution in [3.8, 4) is 5.69 Å². The number of halogens is 3. The van der Waals surface area contributed by atoms with Gasteiger partial charge in [-0.25, -0.2) is 22.6 Å². The zero-order valence-electron chi connectivity index (χ0n) is 19.9. The third kappa shape index (κ3) is 7.30. The molecule has 1 heterocycles. The van der Waals surface area contributed by atoms with E-state index in [1.807, 2.05) is 48.1 Å². The van der Waals surface area contributed by atoms with Crippen LogP contribution < -0.4 is 10.0 Å². The summed E-state index contributed by atoms with van der Waals surface area (Å²) < 4.78 is 61.4. The lowest BCUT2D eigenvalue weighted by molar-refractivity contribution is -0.192. The van der Waals surface area contributed by atoms with E-state index in [0.29, 0.717) is 6.54 Å². The summed E-state index contributed by atoms with van der Waals surface area (Å²) in [6.07, 6.45) is -3.25. The fourth-order valence-corrected chi connectivity index (χ4v) is 4.60. The molecule has 0 aliphatic rings. The van der Waals surface area contributed by atoms with Crippen LogP contribution >= 0.6 is 0 Å². The number of rotatable bonds is 7. The molecular weight excluding hydrogens is 509 g/mol. The predicted molar refractivity (Wildman–Crippen MR) is 134 cm³/mol. The lowest BCUT2D eigenvalue weighted by atomic mass is 10.2. The lowest BCUT2D eigenvalue weighted by Gasteiger charge is -2.16. The Morgan fingerprint density at radius 3 is 2.24 bits per heavy atom. The number of carboxylic acids is 1. The van der Waals surface area contributed by atoms with E-state index in [0.717, 1.165) is 22.3 Å². The third-order valence-electron chi connectivity index (χ3n) is 5.14. The number of fused-ring (bicyclic) bond motifs is 1. The van der Waals surface area contributed by atoms with E-state index in [4.69, 9.17) is 9.90 Å². The number of carboxylic acid groups (broad SMARTS) is 1. The number of alkyl halides is 3. The number of hydrogen-bond acceptors (Lipinski definition) is 5. The highest BCUT2D eigenvalue weighted by atomic mass is 32.2. The Hall–Kier alpha value is -3.90. The molecule has 8 nitrogen and oxygen atoms in total. The van der Waals surface area contributed by atoms with Crippen LogP contribution in [0.1, 0.15) is 12.5 Å². The van der Waals surface area contributed by atoms with Gasteiger partial charge in [0.25, 0.3) is 0 Å². The van der Waals surface area contributed by atoms with E-state index < -0.39 is 22.2 Å². The molecule has 0 bridgehead atoms. The highest BCUT2D eigenvalue weighted by Gasteiger charge is 2.38. The summed E-state index contributed by atoms with van der Waals surface area (Å²) >= 11 is 0. The molecule has 0 unspecified atom stereocenters. The lowest BCUT2D eigenvalue weighted by Crippen LogP contribution is -2.37. The molecule has 196 valence electrons. The van der Waals surface area contributed by atoms with Gasteiger partial charge in [-0.15, -0.1) is 0 Å². The second-order valence-electron chi connectivity index (χ2n) is 8.15. The summed E-state index contributed by atoms with van der Waals surface area (Å²) in [6.45, 7) is 4.34. The molecule has 12 heteroatoms. The summed E-state index contributed by atoms with van der Waals surface area (Å²) in [7, 11) is -3.55. The molecule has 0 aliphatic heterocycles. The maximum Gasteiger partial charge on any atom is 0.490 e. The van der Waals surface area contributed by atoms with Crippen LogP contribution in [0.5, 0.6) is 0 Å². The number of carbonyl (C=O) groups is 1. The van der Waals surface area contributed by atoms with E-state index in [9.17, 15) is 21.6 Å². The number of nitrogens with one attached hydrogen (secondary N) is 2. The summed E-state index contributed by atoms with van der Waals surface area (Å²) in [5.74, 6) is -2.76. The van der Waals surface area contributed by atoms with Crippen molar-refractivity contribution in [2.45, 2.75) is 31.0 Å². The van der Waals surface area contributed by atoms with Crippen molar-refractivity contribution in [2.24, 2.45) is 0 Å². The number of anilines is 1. The third-order valence-corrected chi connectivity index (χ3v) is 6.75. The normalized spacial score (nSPS) is 12.5. The van der Waals surface area contributed by atoms with Gasteiger partial charge >= 0.3 is 12.1 Å². The average molecular weight is 535 g/mol. The molecule has 0 saturated heterocycles. The van der Waals surface area contributed by atoms with Gasteiger partial charge in [-0.2, -0.15) is 18.3 Å². The van der Waals surface area contributed by atoms with Crippen LogP contribution in [0.2, 0.25) is 0 Å². The van der Waals surface area contributed by atoms with E-state index in [-0.39, 0.29) is 10.9 Å². The first-order valence-electron chi connectivity index (χ1n) is 11.0. The number of aromatic nitrogens is 2. The number of benzene rings is 3. The Kier molecular flexibility index (Phi) is 8.56. The molecule has 0 radical (unpaired) electrons. The van der Waals surface area contributed by atoms with Gasteiger partial charge in [0.2, 0.25) is 10.0 Å². The Morgan fingerprint density at radius 1 is 1.03 bits per heavy atom. The molecule has 0 amide bonds. The van der Waals surface area contributed by atoms with E-state index in [1.165, 1.54) is 5.56 Å². The van der Waals surface area contributed by atoms with Crippen LogP contribution in [0.4, 0.5) is 18.9 Å². The molecule has 4 rings (SSSR count). The minimum Gasteiger partial charge on any atom is -0.475 e. The minimum atomic E-state index is -5.08. The van der Waals surface area contributed by atoms with Crippen molar-refractivity contribution >= 4 is 32.6 Å². The highest BCUT2D eigenvalue weighted by Crippen LogP contribution is 2.25. The van der Waals surface area contributed by atoms with Crippen LogP contribution in [-0.4, -0.2) is 48.0 Å². The van der Waals surface area contributed by atoms with Crippen molar-refractivity contribution in [3.63, 3.8) is 0 Å². The Labute approximate surface area is 211 Å². The smallest absolute Gasteiger partial charge is 0.475 e. The predicted octanol–water partition coefficient (Wildman–Crippen LogP) is 4.75. The first-order chi connectivity index (χ1) is 17.4. The standard InChI is InChI=1S/C23H24N4O2S.C2HF3O2/c1-17-11-13-19(14-12-17)27-23-10-6-9-22(21(23)16-25-27)24-15-18(2)26-30(28,29)20-7-4-3-5-8-20;3-2(4,5)1(6)7/h3-14,16,18,24,26H,15H2,1-2H3;(H,6,7)/t18-;/m0./s1. The second kappa shape index (κ2) is 11.4. The molecule has 4 aromatic rings. The van der Waals surface area contributed by atoms with Gasteiger partial charge in [-0.3, -0.25) is 0 Å². The summed E-state index contributed by atoms with van der Waals surface area (Å²) in [6, 6.07) is 22.3. The van der Waals surface area contributed by atoms with Crippen LogP contribution in [0.3, 0.4) is 0 Å². The highest BCUT2D eigenvalue weighted by molar-refractivity contribution is 7.89. The minimum absolute atomic E-state index is 0.262. The molecular formula is C25H25F3N4O4S. The molecule has 3 N–H and O–H groups in total. The monoisotopic (exact) mass is 534 g/mol. The molecule has 0 spiro atoms. The zero-order chi connectivity index (χ0) is 27.2. The van der Waals surface area contributed by atoms with E-state index >= 15 is 0 Å². The molecule has 0 aliphatic carbocycles. The van der Waals surface area contributed by atoms with Gasteiger partial charge in [0.15, 0.2) is 0 Å². The number of hydrogen-bond donors (Lipinski definition) is 3. The Bertz CT molecular complexity index is 1460. The molecule has 37 heavy (non-hydrogen) atoms. The molecule has 1 atom stereocenters. The number of nitrogens with zero attached hydrogens (tertiary/aromatic N) is 2. The van der Waals surface area contributed by atoms with E-state index in [2.05, 4.69) is 34.2 Å². The SMILES string of the molecule is Cc1ccc(-n2ncc3c(NC[C@H](C)NS(=O)(=O)c4ccccc4)cccc32)cc1.O=C(O)C(F)(F)F. The van der Waals surface area contributed by atoms with Crippen LogP contribution in [-0.2, 0) is 14.8 Å². The van der Waals surface area contributed by atoms with Crippen LogP contribution in [0, 0.1) is 6.92 Å². The van der Waals surface area contributed by atoms with E-state index in [1.54, 1.807) is 30.3 Å². The van der Waals surface area contributed by atoms with Gasteiger partial charge in [-0.05, 0) is 50.2 Å². The fourth-order valence-electron chi connectivity index (χ4n) is 3.33. The topological polar surface area (TPSA) is 113 Å². The molecule has 1 aromatic heterocycles. The van der Waals surface area contributed by atoms with Gasteiger partial charge in [-0.1, -0.05) is 42.0 Å². The van der Waals surface area contributed by atoms with Crippen molar-refractivity contribution in [1.29, 1.82) is 0 Å². The Balaban J connectivity index is 0.000000479. The number of aryl methyl sites for hydroxylation is 1. The maximum atomic E-state index is 12.5. The fraction of sp³-hybridized carbons (Fsp3) is 0.200. The maximum absolute atomic E-state index is 12.5. The average Bonchev–Trinajstić information content (AvgIpc) is 3.28. The molecule has 3 aromatic carbocycles. The van der Waals surface area contributed by atoms with Crippen molar-refractivity contribution in [2.75, 3.05) is 11.9 Å². The zero-order valence-corrected chi connectivity index (χ0v) is 20.7. The van der Waals surface area contributed by atoms with Crippen LogP contribution in [0.25, 0.3) is 16.6 Å². The van der Waals surface area contributed by atoms with Crippen LogP contribution in [0.15, 0.2) is 83.9 Å². The first kappa shape index (κ1) is 27.7. The van der Waals surface area contributed by atoms with Gasteiger partial charge in [0.1, 0.15) is 0 Å². The number of sulfonamides is 1. The summed E-state index contributed by atoms with van der Waals surface area (Å²) in [4.78, 5) is 9.16. The van der Waals surface area contributed by atoms with Crippen molar-refractivity contribution < 1.29 is 31.5 Å². The molecule has 0 fully saturated rings.